The van der Waals surface area contributed by atoms with Crippen molar-refractivity contribution in [1.29, 1.82) is 0 Å². The van der Waals surface area contributed by atoms with E-state index in [0.717, 1.165) is 22.8 Å². The monoisotopic (exact) mass is 202 g/mol. The standard InChI is InChI=1S/C13H14O2/c1-9-7-13(15-10(9)2)11-5-4-6-12(8-11)14-3/h4-8H,1-3H3. The van der Waals surface area contributed by atoms with Gasteiger partial charge in [0.15, 0.2) is 0 Å². The Bertz CT molecular complexity index is 450. The summed E-state index contributed by atoms with van der Waals surface area (Å²) >= 11 is 0. The van der Waals surface area contributed by atoms with Crippen molar-refractivity contribution in [2.45, 2.75) is 13.8 Å². The SMILES string of the molecule is COc1cccc(-c2cc(C)c(C)o2)c1. The van der Waals surface area contributed by atoms with Crippen LogP contribution >= 0.6 is 0 Å². The van der Waals surface area contributed by atoms with E-state index >= 15 is 0 Å². The number of rotatable bonds is 2. The van der Waals surface area contributed by atoms with Gasteiger partial charge in [-0.25, -0.2) is 0 Å². The van der Waals surface area contributed by atoms with E-state index in [1.54, 1.807) is 7.11 Å². The van der Waals surface area contributed by atoms with Crippen LogP contribution in [-0.2, 0) is 0 Å². The van der Waals surface area contributed by atoms with Crippen LogP contribution < -0.4 is 4.74 Å². The number of hydrogen-bond acceptors (Lipinski definition) is 2. The maximum atomic E-state index is 5.64. The van der Waals surface area contributed by atoms with Gasteiger partial charge in [0.05, 0.1) is 7.11 Å². The summed E-state index contributed by atoms with van der Waals surface area (Å²) in [5.74, 6) is 2.70. The Kier molecular flexibility index (Phi) is 2.50. The van der Waals surface area contributed by atoms with E-state index in [1.165, 1.54) is 5.56 Å². The van der Waals surface area contributed by atoms with Crippen LogP contribution in [-0.4, -0.2) is 7.11 Å². The minimum Gasteiger partial charge on any atom is -0.497 e. The zero-order valence-electron chi connectivity index (χ0n) is 9.20. The van der Waals surface area contributed by atoms with Gasteiger partial charge in [-0.15, -0.1) is 0 Å². The largest absolute Gasteiger partial charge is 0.497 e. The Hall–Kier alpha value is -1.70. The molecule has 2 nitrogen and oxygen atoms in total. The quantitative estimate of drug-likeness (QED) is 0.742. The second-order valence-electron chi connectivity index (χ2n) is 3.58. The lowest BCUT2D eigenvalue weighted by Gasteiger charge is -2.01. The van der Waals surface area contributed by atoms with Crippen LogP contribution in [0.3, 0.4) is 0 Å². The smallest absolute Gasteiger partial charge is 0.134 e. The molecule has 0 N–H and O–H groups in total. The molecule has 2 heteroatoms. The third kappa shape index (κ3) is 1.89. The molecule has 0 atom stereocenters. The van der Waals surface area contributed by atoms with Crippen molar-refractivity contribution in [2.24, 2.45) is 0 Å². The number of aryl methyl sites for hydroxylation is 2. The number of hydrogen-bond donors (Lipinski definition) is 0. The Balaban J connectivity index is 2.44. The van der Waals surface area contributed by atoms with E-state index in [4.69, 9.17) is 9.15 Å². The summed E-state index contributed by atoms with van der Waals surface area (Å²) in [6.07, 6.45) is 0. The second kappa shape index (κ2) is 3.81. The normalized spacial score (nSPS) is 10.3. The molecule has 1 aromatic heterocycles. The summed E-state index contributed by atoms with van der Waals surface area (Å²) in [5, 5.41) is 0. The van der Waals surface area contributed by atoms with Crippen molar-refractivity contribution in [2.75, 3.05) is 7.11 Å². The summed E-state index contributed by atoms with van der Waals surface area (Å²) < 4.78 is 10.8. The van der Waals surface area contributed by atoms with E-state index in [1.807, 2.05) is 44.2 Å². The van der Waals surface area contributed by atoms with Crippen molar-refractivity contribution >= 4 is 0 Å². The topological polar surface area (TPSA) is 22.4 Å². The molecule has 2 rings (SSSR count). The number of methoxy groups -OCH3 is 1. The van der Waals surface area contributed by atoms with Crippen LogP contribution in [0.25, 0.3) is 11.3 Å². The second-order valence-corrected chi connectivity index (χ2v) is 3.58. The van der Waals surface area contributed by atoms with E-state index in [9.17, 15) is 0 Å². The first kappa shape index (κ1) is 9.84. The lowest BCUT2D eigenvalue weighted by molar-refractivity contribution is 0.414. The summed E-state index contributed by atoms with van der Waals surface area (Å²) in [7, 11) is 1.66. The van der Waals surface area contributed by atoms with Crippen LogP contribution in [0.2, 0.25) is 0 Å². The third-order valence-electron chi connectivity index (χ3n) is 2.52. The van der Waals surface area contributed by atoms with Gasteiger partial charge in [0.25, 0.3) is 0 Å². The molecule has 0 spiro atoms. The van der Waals surface area contributed by atoms with Gasteiger partial charge in [-0.2, -0.15) is 0 Å². The first-order valence-corrected chi connectivity index (χ1v) is 4.92. The van der Waals surface area contributed by atoms with Crippen LogP contribution in [0.15, 0.2) is 34.7 Å². The van der Waals surface area contributed by atoms with Crippen molar-refractivity contribution in [3.63, 3.8) is 0 Å². The average Bonchev–Trinajstić information content (AvgIpc) is 2.59. The molecule has 0 aliphatic heterocycles. The van der Waals surface area contributed by atoms with Gasteiger partial charge in [0.1, 0.15) is 17.3 Å². The molecular weight excluding hydrogens is 188 g/mol. The average molecular weight is 202 g/mol. The number of furan rings is 1. The molecule has 0 bridgehead atoms. The molecule has 0 amide bonds. The maximum absolute atomic E-state index is 5.64. The first-order valence-electron chi connectivity index (χ1n) is 4.92. The van der Waals surface area contributed by atoms with Gasteiger partial charge in [-0.3, -0.25) is 0 Å². The molecule has 0 fully saturated rings. The van der Waals surface area contributed by atoms with Crippen molar-refractivity contribution in [1.82, 2.24) is 0 Å². The fourth-order valence-corrected chi connectivity index (χ4v) is 1.49. The molecular formula is C13H14O2. The molecule has 15 heavy (non-hydrogen) atoms. The summed E-state index contributed by atoms with van der Waals surface area (Å²) in [6, 6.07) is 9.91. The van der Waals surface area contributed by atoms with Crippen molar-refractivity contribution in [3.8, 4) is 17.1 Å². The van der Waals surface area contributed by atoms with Gasteiger partial charge < -0.3 is 9.15 Å². The summed E-state index contributed by atoms with van der Waals surface area (Å²) in [5.41, 5.74) is 2.22. The Morgan fingerprint density at radius 1 is 1.13 bits per heavy atom. The van der Waals surface area contributed by atoms with Crippen molar-refractivity contribution < 1.29 is 9.15 Å². The van der Waals surface area contributed by atoms with Crippen LogP contribution in [0.5, 0.6) is 5.75 Å². The summed E-state index contributed by atoms with van der Waals surface area (Å²) in [6.45, 7) is 4.02. The highest BCUT2D eigenvalue weighted by molar-refractivity contribution is 5.60. The zero-order valence-corrected chi connectivity index (χ0v) is 9.20. The zero-order chi connectivity index (χ0) is 10.8. The predicted molar refractivity (Wildman–Crippen MR) is 60.2 cm³/mol. The van der Waals surface area contributed by atoms with E-state index in [0.29, 0.717) is 0 Å². The molecule has 0 saturated heterocycles. The molecule has 0 saturated carbocycles. The third-order valence-corrected chi connectivity index (χ3v) is 2.52. The van der Waals surface area contributed by atoms with Crippen molar-refractivity contribution in [3.05, 3.63) is 41.7 Å². The van der Waals surface area contributed by atoms with Crippen LogP contribution in [0.4, 0.5) is 0 Å². The molecule has 0 aliphatic rings. The molecule has 1 aromatic carbocycles. The molecule has 0 aliphatic carbocycles. The highest BCUT2D eigenvalue weighted by atomic mass is 16.5. The Labute approximate surface area is 89.5 Å². The van der Waals surface area contributed by atoms with Gasteiger partial charge in [0, 0.05) is 5.56 Å². The fourth-order valence-electron chi connectivity index (χ4n) is 1.49. The van der Waals surface area contributed by atoms with Gasteiger partial charge in [-0.05, 0) is 37.6 Å². The summed E-state index contributed by atoms with van der Waals surface area (Å²) in [4.78, 5) is 0. The first-order chi connectivity index (χ1) is 7.20. The van der Waals surface area contributed by atoms with E-state index < -0.39 is 0 Å². The van der Waals surface area contributed by atoms with Crippen LogP contribution in [0.1, 0.15) is 11.3 Å². The molecule has 2 aromatic rings. The number of benzene rings is 1. The predicted octanol–water partition coefficient (Wildman–Crippen LogP) is 3.57. The minimum atomic E-state index is 0.846. The van der Waals surface area contributed by atoms with Gasteiger partial charge in [-0.1, -0.05) is 12.1 Å². The highest BCUT2D eigenvalue weighted by Gasteiger charge is 2.06. The number of ether oxygens (including phenoxy) is 1. The molecule has 78 valence electrons. The van der Waals surface area contributed by atoms with E-state index in [2.05, 4.69) is 0 Å². The lowest BCUT2D eigenvalue weighted by atomic mass is 10.1. The maximum Gasteiger partial charge on any atom is 0.134 e. The minimum absolute atomic E-state index is 0.846. The Morgan fingerprint density at radius 2 is 1.93 bits per heavy atom. The van der Waals surface area contributed by atoms with Gasteiger partial charge in [0.2, 0.25) is 0 Å². The molecule has 1 heterocycles. The van der Waals surface area contributed by atoms with Crippen LogP contribution in [0, 0.1) is 13.8 Å². The highest BCUT2D eigenvalue weighted by Crippen LogP contribution is 2.27. The van der Waals surface area contributed by atoms with Gasteiger partial charge >= 0.3 is 0 Å². The molecule has 0 radical (unpaired) electrons. The van der Waals surface area contributed by atoms with E-state index in [-0.39, 0.29) is 0 Å². The lowest BCUT2D eigenvalue weighted by Crippen LogP contribution is -1.82. The molecule has 0 unspecified atom stereocenters. The Morgan fingerprint density at radius 3 is 2.53 bits per heavy atom. The fraction of sp³-hybridized carbons (Fsp3) is 0.231.